The van der Waals surface area contributed by atoms with Gasteiger partial charge in [0.25, 0.3) is 0 Å². The monoisotopic (exact) mass is 394 g/mol. The fourth-order valence-electron chi connectivity index (χ4n) is 2.74. The molecule has 0 aliphatic rings. The zero-order valence-corrected chi connectivity index (χ0v) is 15.8. The molecule has 2 heteroatoms. The quantitative estimate of drug-likeness (QED) is 0.510. The van der Waals surface area contributed by atoms with Crippen LogP contribution < -0.4 is 0 Å². The van der Waals surface area contributed by atoms with Crippen molar-refractivity contribution < 1.29 is 0 Å². The number of alkyl halides is 1. The lowest BCUT2D eigenvalue weighted by atomic mass is 9.87. The van der Waals surface area contributed by atoms with Crippen LogP contribution in [0.1, 0.15) is 43.8 Å². The smallest absolute Gasteiger partial charge is 0.0650 e. The Labute approximate surface area is 138 Å². The van der Waals surface area contributed by atoms with Crippen molar-refractivity contribution in [1.29, 1.82) is 0 Å². The molecule has 0 saturated heterocycles. The predicted octanol–water partition coefficient (Wildman–Crippen LogP) is 6.48. The van der Waals surface area contributed by atoms with E-state index in [2.05, 4.69) is 90.7 Å². The van der Waals surface area contributed by atoms with E-state index in [0.29, 0.717) is 0 Å². The Morgan fingerprint density at radius 1 is 0.800 bits per heavy atom. The van der Waals surface area contributed by atoms with Crippen LogP contribution in [0.2, 0.25) is 0 Å². The summed E-state index contributed by atoms with van der Waals surface area (Å²) in [7, 11) is 0. The highest BCUT2D eigenvalue weighted by molar-refractivity contribution is 9.10. The molecule has 0 fully saturated rings. The highest BCUT2D eigenvalue weighted by Crippen LogP contribution is 2.39. The van der Waals surface area contributed by atoms with Crippen molar-refractivity contribution in [2.24, 2.45) is 0 Å². The fourth-order valence-corrected chi connectivity index (χ4v) is 4.13. The summed E-state index contributed by atoms with van der Waals surface area (Å²) in [5.74, 6) is 0. The van der Waals surface area contributed by atoms with E-state index in [1.165, 1.54) is 38.9 Å². The number of benzene rings is 2. The molecule has 0 spiro atoms. The zero-order chi connectivity index (χ0) is 15.0. The summed E-state index contributed by atoms with van der Waals surface area (Å²) in [6.07, 6.45) is 0. The van der Waals surface area contributed by atoms with Gasteiger partial charge in [0.05, 0.1) is 4.83 Å². The maximum absolute atomic E-state index is 3.90. The van der Waals surface area contributed by atoms with Crippen LogP contribution in [-0.2, 0) is 0 Å². The molecule has 0 nitrogen and oxygen atoms in total. The summed E-state index contributed by atoms with van der Waals surface area (Å²) in [6, 6.07) is 8.51. The van der Waals surface area contributed by atoms with Crippen LogP contribution >= 0.6 is 31.9 Å². The standard InChI is InChI=1S/C18H20Br2/c1-10-11(2)13(4)17(14(5)12(10)3)18(20)15-7-6-8-16(19)9-15/h6-9,18H,1-5H3. The highest BCUT2D eigenvalue weighted by atomic mass is 79.9. The maximum Gasteiger partial charge on any atom is 0.0650 e. The van der Waals surface area contributed by atoms with Crippen LogP contribution in [0.5, 0.6) is 0 Å². The van der Waals surface area contributed by atoms with Gasteiger partial charge in [-0.15, -0.1) is 0 Å². The van der Waals surface area contributed by atoms with Crippen molar-refractivity contribution in [2.45, 2.75) is 39.4 Å². The highest BCUT2D eigenvalue weighted by Gasteiger charge is 2.19. The second-order valence-electron chi connectivity index (χ2n) is 5.46. The lowest BCUT2D eigenvalue weighted by Crippen LogP contribution is -2.05. The largest absolute Gasteiger partial charge is 0.0786 e. The molecular weight excluding hydrogens is 376 g/mol. The number of hydrogen-bond acceptors (Lipinski definition) is 0. The Morgan fingerprint density at radius 2 is 1.30 bits per heavy atom. The molecule has 0 bridgehead atoms. The van der Waals surface area contributed by atoms with Gasteiger partial charge >= 0.3 is 0 Å². The molecule has 2 rings (SSSR count). The average molecular weight is 396 g/mol. The number of rotatable bonds is 2. The molecule has 1 atom stereocenters. The van der Waals surface area contributed by atoms with Crippen LogP contribution in [0.4, 0.5) is 0 Å². The summed E-state index contributed by atoms with van der Waals surface area (Å²) < 4.78 is 1.12. The van der Waals surface area contributed by atoms with E-state index in [1.54, 1.807) is 0 Å². The van der Waals surface area contributed by atoms with E-state index < -0.39 is 0 Å². The molecule has 0 aliphatic carbocycles. The predicted molar refractivity (Wildman–Crippen MR) is 95.0 cm³/mol. The Balaban J connectivity index is 2.64. The first-order valence-electron chi connectivity index (χ1n) is 6.81. The third-order valence-electron chi connectivity index (χ3n) is 4.45. The van der Waals surface area contributed by atoms with Crippen LogP contribution in [0, 0.1) is 34.6 Å². The first kappa shape index (κ1) is 15.8. The van der Waals surface area contributed by atoms with Crippen LogP contribution in [0.15, 0.2) is 28.7 Å². The van der Waals surface area contributed by atoms with Gasteiger partial charge < -0.3 is 0 Å². The number of halogens is 2. The van der Waals surface area contributed by atoms with Crippen molar-refractivity contribution in [1.82, 2.24) is 0 Å². The summed E-state index contributed by atoms with van der Waals surface area (Å²) in [6.45, 7) is 11.1. The van der Waals surface area contributed by atoms with Gasteiger partial charge in [-0.1, -0.05) is 44.0 Å². The second-order valence-corrected chi connectivity index (χ2v) is 7.29. The molecule has 1 unspecified atom stereocenters. The molecule has 0 aromatic heterocycles. The van der Waals surface area contributed by atoms with Gasteiger partial charge in [0.2, 0.25) is 0 Å². The van der Waals surface area contributed by atoms with Crippen LogP contribution in [0.25, 0.3) is 0 Å². The first-order valence-corrected chi connectivity index (χ1v) is 8.51. The maximum atomic E-state index is 3.90. The molecule has 106 valence electrons. The Bertz CT molecular complexity index is 628. The molecule has 0 heterocycles. The SMILES string of the molecule is Cc1c(C)c(C)c(C(Br)c2cccc(Br)c2)c(C)c1C. The fraction of sp³-hybridized carbons (Fsp3) is 0.333. The van der Waals surface area contributed by atoms with E-state index in [0.717, 1.165) is 4.47 Å². The van der Waals surface area contributed by atoms with Crippen molar-refractivity contribution in [3.8, 4) is 0 Å². The molecule has 20 heavy (non-hydrogen) atoms. The van der Waals surface area contributed by atoms with Gasteiger partial charge in [0, 0.05) is 4.47 Å². The third-order valence-corrected chi connectivity index (χ3v) is 5.93. The lowest BCUT2D eigenvalue weighted by Gasteiger charge is -2.22. The molecule has 0 N–H and O–H groups in total. The Morgan fingerprint density at radius 3 is 1.80 bits per heavy atom. The molecule has 0 amide bonds. The first-order chi connectivity index (χ1) is 9.34. The van der Waals surface area contributed by atoms with E-state index in [1.807, 2.05) is 0 Å². The Hall–Kier alpha value is -0.600. The van der Waals surface area contributed by atoms with Gasteiger partial charge in [-0.25, -0.2) is 0 Å². The minimum absolute atomic E-state index is 0.234. The van der Waals surface area contributed by atoms with Gasteiger partial charge in [-0.05, 0) is 85.7 Å². The van der Waals surface area contributed by atoms with Crippen molar-refractivity contribution >= 4 is 31.9 Å². The molecule has 0 saturated carbocycles. The van der Waals surface area contributed by atoms with Gasteiger partial charge in [-0.3, -0.25) is 0 Å². The summed E-state index contributed by atoms with van der Waals surface area (Å²) in [4.78, 5) is 0.234. The molecular formula is C18H20Br2. The van der Waals surface area contributed by atoms with Gasteiger partial charge in [0.15, 0.2) is 0 Å². The molecule has 0 aliphatic heterocycles. The van der Waals surface area contributed by atoms with Gasteiger partial charge in [0.1, 0.15) is 0 Å². The topological polar surface area (TPSA) is 0 Å². The van der Waals surface area contributed by atoms with Crippen LogP contribution in [-0.4, -0.2) is 0 Å². The van der Waals surface area contributed by atoms with E-state index in [9.17, 15) is 0 Å². The van der Waals surface area contributed by atoms with E-state index in [4.69, 9.17) is 0 Å². The third kappa shape index (κ3) is 2.73. The van der Waals surface area contributed by atoms with Crippen LogP contribution in [0.3, 0.4) is 0 Å². The normalized spacial score (nSPS) is 12.6. The van der Waals surface area contributed by atoms with E-state index >= 15 is 0 Å². The summed E-state index contributed by atoms with van der Waals surface area (Å²) in [5.41, 5.74) is 9.71. The van der Waals surface area contributed by atoms with Crippen molar-refractivity contribution in [2.75, 3.05) is 0 Å². The summed E-state index contributed by atoms with van der Waals surface area (Å²) >= 11 is 7.46. The summed E-state index contributed by atoms with van der Waals surface area (Å²) in [5, 5.41) is 0. The number of hydrogen-bond donors (Lipinski definition) is 0. The molecule has 2 aromatic carbocycles. The van der Waals surface area contributed by atoms with Crippen molar-refractivity contribution in [3.05, 3.63) is 67.7 Å². The molecule has 2 aromatic rings. The molecule has 0 radical (unpaired) electrons. The Kier molecular flexibility index (Phi) is 4.76. The zero-order valence-electron chi connectivity index (χ0n) is 12.6. The van der Waals surface area contributed by atoms with Crippen molar-refractivity contribution in [3.63, 3.8) is 0 Å². The second kappa shape index (κ2) is 6.03. The van der Waals surface area contributed by atoms with Gasteiger partial charge in [-0.2, -0.15) is 0 Å². The minimum atomic E-state index is 0.234. The average Bonchev–Trinajstić information content (AvgIpc) is 2.43. The lowest BCUT2D eigenvalue weighted by molar-refractivity contribution is 1.05. The van der Waals surface area contributed by atoms with E-state index in [-0.39, 0.29) is 4.83 Å². The minimum Gasteiger partial charge on any atom is -0.0786 e.